The van der Waals surface area contributed by atoms with Crippen molar-refractivity contribution in [3.8, 4) is 28.4 Å². The molecule has 79 heavy (non-hydrogen) atoms. The van der Waals surface area contributed by atoms with Crippen molar-refractivity contribution in [1.29, 1.82) is 0 Å². The Morgan fingerprint density at radius 1 is 0.797 bits per heavy atom. The summed E-state index contributed by atoms with van der Waals surface area (Å²) in [4.78, 5) is 72.1. The Kier molecular flexibility index (Phi) is 19.3. The van der Waals surface area contributed by atoms with E-state index in [0.717, 1.165) is 74.3 Å². The number of hydrogen-bond acceptors (Lipinski definition) is 16. The van der Waals surface area contributed by atoms with E-state index in [-0.39, 0.29) is 59.0 Å². The number of alkyl halides is 3. The first-order valence-electron chi connectivity index (χ1n) is 27.0. The van der Waals surface area contributed by atoms with E-state index >= 15 is 0 Å². The number of carbonyl (C=O) groups excluding carboxylic acids is 4. The highest BCUT2D eigenvalue weighted by Gasteiger charge is 2.42. The number of aromatic nitrogens is 4. The molecule has 0 bridgehead atoms. The van der Waals surface area contributed by atoms with Crippen LogP contribution in [0.4, 0.5) is 13.2 Å². The molecule has 2 unspecified atom stereocenters. The first-order chi connectivity index (χ1) is 38.3. The van der Waals surface area contributed by atoms with Crippen LogP contribution in [-0.4, -0.2) is 138 Å². The molecule has 1 aliphatic carbocycles. The quantitative estimate of drug-likeness (QED) is 0.0383. The number of benzene rings is 3. The lowest BCUT2D eigenvalue weighted by Crippen LogP contribution is -2.55. The van der Waals surface area contributed by atoms with Crippen molar-refractivity contribution in [1.82, 2.24) is 45.9 Å². The van der Waals surface area contributed by atoms with Crippen molar-refractivity contribution in [3.05, 3.63) is 122 Å². The van der Waals surface area contributed by atoms with E-state index in [4.69, 9.17) is 24.2 Å². The standard InChI is InChI=1S/C57H66F3N9O8S2/c1-37(61-2)50(71)65-47(39-14-7-4-8-15-39)53(73)69-23-11-20-46(69)52-63-45(35-78-52)48(70)40-16-10-19-43(33-40)76-31-30-75-29-28-74-27-26-68-24-21-56(22-25-68,55-64-44(34-79-55)38-12-5-3-6-13-38)36-62-51(72)42-18-9-17-41(32-42)49-66-54(77-67-49)57(58,59)60/h3,5-6,9-10,12-13,16-19,32-35,37,39,46-47,61H,4,7-8,11,14-15,20-31,36H2,1-2H3,(H,62,72)(H,65,71)/t37?,46-,47?/m0/s1. The molecule has 5 heterocycles. The van der Waals surface area contributed by atoms with E-state index in [1.807, 2.05) is 40.6 Å². The van der Waals surface area contributed by atoms with E-state index in [9.17, 15) is 32.3 Å². The summed E-state index contributed by atoms with van der Waals surface area (Å²) in [6.07, 6.45) is 3.20. The molecule has 3 fully saturated rings. The van der Waals surface area contributed by atoms with Crippen molar-refractivity contribution >= 4 is 46.2 Å². The van der Waals surface area contributed by atoms with Gasteiger partial charge in [0, 0.05) is 58.1 Å². The van der Waals surface area contributed by atoms with Gasteiger partial charge in [0.25, 0.3) is 5.91 Å². The van der Waals surface area contributed by atoms with Gasteiger partial charge in [0.2, 0.25) is 23.4 Å². The Morgan fingerprint density at radius 2 is 1.53 bits per heavy atom. The van der Waals surface area contributed by atoms with Gasteiger partial charge < -0.3 is 44.5 Å². The third-order valence-corrected chi connectivity index (χ3v) is 17.1. The van der Waals surface area contributed by atoms with Crippen molar-refractivity contribution in [3.63, 3.8) is 0 Å². The molecule has 3 atom stereocenters. The van der Waals surface area contributed by atoms with Crippen LogP contribution in [0.2, 0.25) is 0 Å². The number of thiazole rings is 2. The van der Waals surface area contributed by atoms with Crippen LogP contribution in [-0.2, 0) is 30.7 Å². The zero-order chi connectivity index (χ0) is 55.4. The lowest BCUT2D eigenvalue weighted by molar-refractivity contribution is -0.159. The molecule has 9 rings (SSSR count). The highest BCUT2D eigenvalue weighted by Crippen LogP contribution is 2.40. The van der Waals surface area contributed by atoms with Gasteiger partial charge in [-0.15, -0.1) is 22.7 Å². The summed E-state index contributed by atoms with van der Waals surface area (Å²) in [5.41, 5.74) is 2.60. The summed E-state index contributed by atoms with van der Waals surface area (Å²) in [6.45, 7) is 6.67. The molecular formula is C57H66F3N9O8S2. The number of ketones is 1. The van der Waals surface area contributed by atoms with Gasteiger partial charge in [0.1, 0.15) is 34.1 Å². The molecule has 6 aromatic rings. The zero-order valence-electron chi connectivity index (χ0n) is 44.3. The van der Waals surface area contributed by atoms with Gasteiger partial charge in [0.05, 0.1) is 44.2 Å². The molecule has 0 spiro atoms. The lowest BCUT2D eigenvalue weighted by atomic mass is 9.78. The lowest BCUT2D eigenvalue weighted by Gasteiger charge is -2.40. The van der Waals surface area contributed by atoms with Crippen LogP contribution in [0.25, 0.3) is 22.6 Å². The molecule has 3 amide bonds. The molecule has 1 saturated carbocycles. The smallest absolute Gasteiger partial charge is 0.471 e. The van der Waals surface area contributed by atoms with Crippen LogP contribution in [0.1, 0.15) is 113 Å². The minimum absolute atomic E-state index is 0.0736. The van der Waals surface area contributed by atoms with Crippen LogP contribution >= 0.6 is 22.7 Å². The molecule has 420 valence electrons. The van der Waals surface area contributed by atoms with E-state index in [2.05, 4.69) is 35.5 Å². The highest BCUT2D eigenvalue weighted by atomic mass is 32.1. The van der Waals surface area contributed by atoms with Gasteiger partial charge in [-0.25, -0.2) is 9.97 Å². The van der Waals surface area contributed by atoms with Crippen LogP contribution in [0.3, 0.4) is 0 Å². The normalized spacial score (nSPS) is 17.8. The summed E-state index contributed by atoms with van der Waals surface area (Å²) >= 11 is 2.94. The Balaban J connectivity index is 0.707. The van der Waals surface area contributed by atoms with Gasteiger partial charge >= 0.3 is 12.1 Å². The van der Waals surface area contributed by atoms with Crippen LogP contribution in [0.5, 0.6) is 5.75 Å². The monoisotopic (exact) mass is 1130 g/mol. The number of carbonyl (C=O) groups is 4. The Bertz CT molecular complexity index is 2990. The first-order valence-corrected chi connectivity index (χ1v) is 28.7. The Hall–Kier alpha value is -6.43. The minimum atomic E-state index is -4.79. The number of ether oxygens (including phenoxy) is 3. The summed E-state index contributed by atoms with van der Waals surface area (Å²) in [6, 6.07) is 21.7. The number of likely N-dealkylation sites (N-methyl/N-ethyl adjacent to an activating group) is 1. The third-order valence-electron chi connectivity index (χ3n) is 15.1. The van der Waals surface area contributed by atoms with Crippen molar-refractivity contribution in [2.75, 3.05) is 72.8 Å². The second-order valence-electron chi connectivity index (χ2n) is 20.3. The second-order valence-corrected chi connectivity index (χ2v) is 22.0. The molecule has 2 saturated heterocycles. The van der Waals surface area contributed by atoms with Crippen LogP contribution in [0.15, 0.2) is 94.1 Å². The number of piperidine rings is 1. The first kappa shape index (κ1) is 57.3. The molecule has 17 nitrogen and oxygen atoms in total. The Morgan fingerprint density at radius 3 is 2.29 bits per heavy atom. The summed E-state index contributed by atoms with van der Waals surface area (Å²) in [7, 11) is 1.73. The fourth-order valence-electron chi connectivity index (χ4n) is 10.4. The molecular weight excluding hydrogens is 1060 g/mol. The number of nitrogens with one attached hydrogen (secondary N) is 3. The average molecular weight is 1130 g/mol. The molecule has 3 aliphatic rings. The maximum absolute atomic E-state index is 14.2. The minimum Gasteiger partial charge on any atom is -0.491 e. The number of rotatable bonds is 24. The third kappa shape index (κ3) is 14.5. The zero-order valence-corrected chi connectivity index (χ0v) is 45.9. The van der Waals surface area contributed by atoms with Crippen molar-refractivity contribution in [2.24, 2.45) is 5.92 Å². The molecule has 3 aromatic heterocycles. The van der Waals surface area contributed by atoms with Gasteiger partial charge in [0.15, 0.2) is 0 Å². The molecule has 2 aliphatic heterocycles. The maximum Gasteiger partial charge on any atom is 0.471 e. The largest absolute Gasteiger partial charge is 0.491 e. The van der Waals surface area contributed by atoms with Gasteiger partial charge in [-0.1, -0.05) is 79.0 Å². The summed E-state index contributed by atoms with van der Waals surface area (Å²) in [5, 5.41) is 18.0. The fraction of sp³-hybridized carbons (Fsp3) is 0.474. The predicted octanol–water partition coefficient (Wildman–Crippen LogP) is 8.78. The van der Waals surface area contributed by atoms with Gasteiger partial charge in [-0.3, -0.25) is 19.2 Å². The molecule has 3 N–H and O–H groups in total. The molecule has 22 heteroatoms. The number of nitrogens with zero attached hydrogens (tertiary/aromatic N) is 6. The van der Waals surface area contributed by atoms with Crippen molar-refractivity contribution in [2.45, 2.75) is 94.4 Å². The van der Waals surface area contributed by atoms with Gasteiger partial charge in [-0.05, 0) is 95.8 Å². The summed E-state index contributed by atoms with van der Waals surface area (Å²) in [5.74, 6) is -2.02. The summed E-state index contributed by atoms with van der Waals surface area (Å²) < 4.78 is 61.5. The predicted molar refractivity (Wildman–Crippen MR) is 292 cm³/mol. The van der Waals surface area contributed by atoms with Gasteiger partial charge in [-0.2, -0.15) is 18.2 Å². The highest BCUT2D eigenvalue weighted by molar-refractivity contribution is 7.10. The van der Waals surface area contributed by atoms with E-state index in [0.29, 0.717) is 80.9 Å². The molecule has 0 radical (unpaired) electrons. The van der Waals surface area contributed by atoms with Crippen LogP contribution in [0, 0.1) is 5.92 Å². The van der Waals surface area contributed by atoms with Crippen LogP contribution < -0.4 is 20.7 Å². The maximum atomic E-state index is 14.2. The van der Waals surface area contributed by atoms with E-state index in [1.54, 1.807) is 67.1 Å². The topological polar surface area (TPSA) is 203 Å². The van der Waals surface area contributed by atoms with Crippen molar-refractivity contribution < 1.29 is 51.1 Å². The van der Waals surface area contributed by atoms with E-state index in [1.165, 1.54) is 23.5 Å². The average Bonchev–Trinajstić information content (AvgIpc) is 4.43. The number of likely N-dealkylation sites (tertiary alicyclic amines) is 2. The Labute approximate surface area is 465 Å². The molecule has 3 aromatic carbocycles. The van der Waals surface area contributed by atoms with E-state index < -0.39 is 29.6 Å². The number of hydrogen-bond donors (Lipinski definition) is 3. The number of amides is 3. The number of halogens is 3. The fourth-order valence-corrected chi connectivity index (χ4v) is 12.4. The SMILES string of the molecule is CNC(C)C(=O)NC(C(=O)N1CCC[C@H]1c1nc(C(=O)c2cccc(OCCOCCOCCN3CCC(CNC(=O)c4cccc(-c5noc(C(F)(F)F)n5)c4)(c4nc(-c5ccccc5)cs4)CC3)c2)cs1)C1CCCCC1. The second kappa shape index (κ2) is 26.7.